The Hall–Kier alpha value is -3.42. The van der Waals surface area contributed by atoms with E-state index in [-0.39, 0.29) is 29.3 Å². The van der Waals surface area contributed by atoms with Gasteiger partial charge in [-0.2, -0.15) is 4.31 Å². The number of carbonyl (C=O) groups is 1. The van der Waals surface area contributed by atoms with Gasteiger partial charge in [-0.3, -0.25) is 4.79 Å². The van der Waals surface area contributed by atoms with Crippen molar-refractivity contribution in [3.05, 3.63) is 102 Å². The molecule has 0 saturated heterocycles. The SMILES string of the molecule is CCCN(CC(=O)N(CCc1c[nH]c2ccccc12)Cc1ccc(C(C)(C)C)cc1)S(=O)(=O)c1ccccc1. The van der Waals surface area contributed by atoms with Gasteiger partial charge in [0.05, 0.1) is 11.4 Å². The van der Waals surface area contributed by atoms with Crippen LogP contribution in [0.3, 0.4) is 0 Å². The molecule has 1 amide bonds. The van der Waals surface area contributed by atoms with Gasteiger partial charge in [0.15, 0.2) is 0 Å². The predicted octanol–water partition coefficient (Wildman–Crippen LogP) is 6.14. The van der Waals surface area contributed by atoms with E-state index in [2.05, 4.69) is 56.1 Å². The molecule has 0 aliphatic heterocycles. The minimum atomic E-state index is -3.79. The summed E-state index contributed by atoms with van der Waals surface area (Å²) in [6, 6.07) is 24.8. The lowest BCUT2D eigenvalue weighted by Crippen LogP contribution is -2.43. The summed E-state index contributed by atoms with van der Waals surface area (Å²) in [6.45, 7) is 9.42. The zero-order chi connectivity index (χ0) is 28.0. The Labute approximate surface area is 232 Å². The molecule has 4 aromatic rings. The van der Waals surface area contributed by atoms with E-state index >= 15 is 0 Å². The number of carbonyl (C=O) groups excluding carboxylic acids is 1. The first-order valence-corrected chi connectivity index (χ1v) is 15.0. The Balaban J connectivity index is 1.58. The molecule has 206 valence electrons. The van der Waals surface area contributed by atoms with Gasteiger partial charge in [0.25, 0.3) is 0 Å². The highest BCUT2D eigenvalue weighted by molar-refractivity contribution is 7.89. The van der Waals surface area contributed by atoms with E-state index < -0.39 is 10.0 Å². The first-order valence-electron chi connectivity index (χ1n) is 13.6. The fourth-order valence-electron chi connectivity index (χ4n) is 4.74. The van der Waals surface area contributed by atoms with E-state index in [0.29, 0.717) is 25.9 Å². The lowest BCUT2D eigenvalue weighted by molar-refractivity contribution is -0.132. The van der Waals surface area contributed by atoms with Crippen molar-refractivity contribution in [3.63, 3.8) is 0 Å². The van der Waals surface area contributed by atoms with Crippen molar-refractivity contribution in [2.75, 3.05) is 19.6 Å². The second-order valence-electron chi connectivity index (χ2n) is 11.0. The van der Waals surface area contributed by atoms with E-state index in [1.54, 1.807) is 35.2 Å². The molecule has 1 heterocycles. The predicted molar refractivity (Wildman–Crippen MR) is 158 cm³/mol. The summed E-state index contributed by atoms with van der Waals surface area (Å²) in [4.78, 5) is 19.1. The van der Waals surface area contributed by atoms with Crippen molar-refractivity contribution < 1.29 is 13.2 Å². The molecular weight excluding hydrogens is 506 g/mol. The first kappa shape index (κ1) is 28.6. The summed E-state index contributed by atoms with van der Waals surface area (Å²) in [5.41, 5.74) is 4.48. The van der Waals surface area contributed by atoms with Crippen molar-refractivity contribution in [1.82, 2.24) is 14.2 Å². The number of H-pyrrole nitrogens is 1. The molecule has 0 unspecified atom stereocenters. The van der Waals surface area contributed by atoms with Crippen molar-refractivity contribution in [3.8, 4) is 0 Å². The molecule has 0 saturated carbocycles. The maximum absolute atomic E-state index is 13.8. The monoisotopic (exact) mass is 545 g/mol. The molecule has 6 nitrogen and oxygen atoms in total. The highest BCUT2D eigenvalue weighted by Crippen LogP contribution is 2.24. The number of amides is 1. The number of para-hydroxylation sites is 1. The van der Waals surface area contributed by atoms with Crippen LogP contribution >= 0.6 is 0 Å². The summed E-state index contributed by atoms with van der Waals surface area (Å²) >= 11 is 0. The molecule has 1 aromatic heterocycles. The molecule has 0 aliphatic carbocycles. The second-order valence-corrected chi connectivity index (χ2v) is 13.0. The topological polar surface area (TPSA) is 73.5 Å². The zero-order valence-corrected chi connectivity index (χ0v) is 24.2. The van der Waals surface area contributed by atoms with E-state index in [1.807, 2.05) is 31.3 Å². The van der Waals surface area contributed by atoms with Crippen LogP contribution in [0.15, 0.2) is 90.0 Å². The Morgan fingerprint density at radius 2 is 1.54 bits per heavy atom. The maximum atomic E-state index is 13.8. The van der Waals surface area contributed by atoms with Crippen LogP contribution in [-0.2, 0) is 33.2 Å². The molecule has 1 N–H and O–H groups in total. The molecule has 3 aromatic carbocycles. The molecule has 7 heteroatoms. The normalized spacial score (nSPS) is 12.2. The van der Waals surface area contributed by atoms with Gasteiger partial charge in [-0.05, 0) is 53.1 Å². The molecule has 0 radical (unpaired) electrons. The van der Waals surface area contributed by atoms with E-state index in [4.69, 9.17) is 0 Å². The van der Waals surface area contributed by atoms with Crippen LogP contribution in [0.5, 0.6) is 0 Å². The third kappa shape index (κ3) is 6.97. The van der Waals surface area contributed by atoms with Crippen molar-refractivity contribution in [1.29, 1.82) is 0 Å². The van der Waals surface area contributed by atoms with Gasteiger partial charge in [-0.1, -0.05) is 88.4 Å². The number of benzene rings is 3. The summed E-state index contributed by atoms with van der Waals surface area (Å²) in [6.07, 6.45) is 3.27. The number of aromatic nitrogens is 1. The Morgan fingerprint density at radius 3 is 2.21 bits per heavy atom. The Bertz CT molecular complexity index is 1490. The minimum Gasteiger partial charge on any atom is -0.361 e. The fourth-order valence-corrected chi connectivity index (χ4v) is 6.24. The van der Waals surface area contributed by atoms with Gasteiger partial charge >= 0.3 is 0 Å². The largest absolute Gasteiger partial charge is 0.361 e. The van der Waals surface area contributed by atoms with Crippen LogP contribution < -0.4 is 0 Å². The van der Waals surface area contributed by atoms with Crippen LogP contribution in [0.4, 0.5) is 0 Å². The van der Waals surface area contributed by atoms with Gasteiger partial charge in [-0.25, -0.2) is 8.42 Å². The molecule has 0 fully saturated rings. The molecule has 39 heavy (non-hydrogen) atoms. The number of hydrogen-bond acceptors (Lipinski definition) is 3. The number of sulfonamides is 1. The zero-order valence-electron chi connectivity index (χ0n) is 23.4. The van der Waals surface area contributed by atoms with Gasteiger partial charge < -0.3 is 9.88 Å². The van der Waals surface area contributed by atoms with Crippen LogP contribution in [-0.4, -0.2) is 48.1 Å². The average Bonchev–Trinajstić information content (AvgIpc) is 3.34. The highest BCUT2D eigenvalue weighted by Gasteiger charge is 2.28. The van der Waals surface area contributed by atoms with Gasteiger partial charge in [0.1, 0.15) is 0 Å². The Morgan fingerprint density at radius 1 is 0.872 bits per heavy atom. The van der Waals surface area contributed by atoms with Gasteiger partial charge in [-0.15, -0.1) is 0 Å². The number of hydrogen-bond donors (Lipinski definition) is 1. The number of rotatable bonds is 11. The summed E-state index contributed by atoms with van der Waals surface area (Å²) in [5.74, 6) is -0.206. The fraction of sp³-hybridized carbons (Fsp3) is 0.344. The third-order valence-corrected chi connectivity index (χ3v) is 8.90. The van der Waals surface area contributed by atoms with E-state index in [1.165, 1.54) is 9.87 Å². The smallest absolute Gasteiger partial charge is 0.243 e. The molecule has 0 bridgehead atoms. The molecule has 0 spiro atoms. The Kier molecular flexibility index (Phi) is 8.93. The van der Waals surface area contributed by atoms with Gasteiger partial charge in [0, 0.05) is 36.7 Å². The average molecular weight is 546 g/mol. The minimum absolute atomic E-state index is 0.0375. The van der Waals surface area contributed by atoms with Crippen LogP contribution in [0.2, 0.25) is 0 Å². The molecule has 4 rings (SSSR count). The van der Waals surface area contributed by atoms with Crippen LogP contribution in [0.1, 0.15) is 50.8 Å². The van der Waals surface area contributed by atoms with Crippen molar-refractivity contribution >= 4 is 26.8 Å². The summed E-state index contributed by atoms with van der Waals surface area (Å²) < 4.78 is 28.1. The van der Waals surface area contributed by atoms with Gasteiger partial charge in [0.2, 0.25) is 15.9 Å². The highest BCUT2D eigenvalue weighted by atomic mass is 32.2. The molecular formula is C32H39N3O3S. The lowest BCUT2D eigenvalue weighted by atomic mass is 9.87. The van der Waals surface area contributed by atoms with Crippen LogP contribution in [0.25, 0.3) is 10.9 Å². The third-order valence-electron chi connectivity index (χ3n) is 7.04. The summed E-state index contributed by atoms with van der Waals surface area (Å²) in [7, 11) is -3.79. The van der Waals surface area contributed by atoms with Crippen molar-refractivity contribution in [2.45, 2.75) is 57.4 Å². The van der Waals surface area contributed by atoms with Crippen molar-refractivity contribution in [2.24, 2.45) is 0 Å². The second kappa shape index (κ2) is 12.2. The number of aromatic amines is 1. The quantitative estimate of drug-likeness (QED) is 0.246. The lowest BCUT2D eigenvalue weighted by Gasteiger charge is -2.28. The number of nitrogens with one attached hydrogen (secondary N) is 1. The molecule has 0 aliphatic rings. The number of nitrogens with zero attached hydrogens (tertiary/aromatic N) is 2. The maximum Gasteiger partial charge on any atom is 0.243 e. The standard InChI is InChI=1S/C32H39N3O3S/c1-5-20-35(39(37,38)28-11-7-6-8-12-28)24-31(36)34(23-25-15-17-27(18-16-25)32(2,3)4)21-19-26-22-33-30-14-10-9-13-29(26)30/h6-18,22,33H,5,19-21,23-24H2,1-4H3. The molecule has 0 atom stereocenters. The first-order chi connectivity index (χ1) is 18.6. The summed E-state index contributed by atoms with van der Waals surface area (Å²) in [5, 5.41) is 1.14. The van der Waals surface area contributed by atoms with E-state index in [0.717, 1.165) is 22.0 Å². The van der Waals surface area contributed by atoms with E-state index in [9.17, 15) is 13.2 Å². The number of fused-ring (bicyclic) bond motifs is 1. The van der Waals surface area contributed by atoms with Crippen LogP contribution in [0, 0.1) is 0 Å².